The summed E-state index contributed by atoms with van der Waals surface area (Å²) >= 11 is 0. The lowest BCUT2D eigenvalue weighted by Gasteiger charge is -2.15. The van der Waals surface area contributed by atoms with Gasteiger partial charge in [0, 0.05) is 12.1 Å². The van der Waals surface area contributed by atoms with Crippen LogP contribution < -0.4 is 14.9 Å². The van der Waals surface area contributed by atoms with Crippen LogP contribution in [0.1, 0.15) is 5.56 Å². The molecule has 0 saturated carbocycles. The standard InChI is InChI=1S/C18H23N3O2/c1-21(2)12-13-23-18-15(8-7-11-17(18)22-3)14-19-20-16-9-5-4-6-10-16/h4-11,14,20H,12-13H2,1-3H3. The van der Waals surface area contributed by atoms with E-state index in [1.165, 1.54) is 0 Å². The van der Waals surface area contributed by atoms with Crippen LogP contribution >= 0.6 is 0 Å². The number of rotatable bonds is 8. The quantitative estimate of drug-likeness (QED) is 0.601. The highest BCUT2D eigenvalue weighted by Gasteiger charge is 2.09. The number of hydrogen-bond donors (Lipinski definition) is 1. The lowest BCUT2D eigenvalue weighted by atomic mass is 10.2. The van der Waals surface area contributed by atoms with Gasteiger partial charge in [0.2, 0.25) is 0 Å². The Morgan fingerprint density at radius 3 is 2.57 bits per heavy atom. The summed E-state index contributed by atoms with van der Waals surface area (Å²) in [6.45, 7) is 1.41. The van der Waals surface area contributed by atoms with Gasteiger partial charge in [-0.25, -0.2) is 0 Å². The van der Waals surface area contributed by atoms with Crippen LogP contribution in [0.3, 0.4) is 0 Å². The zero-order valence-corrected chi connectivity index (χ0v) is 13.8. The number of hydrazone groups is 1. The summed E-state index contributed by atoms with van der Waals surface area (Å²) in [4.78, 5) is 2.07. The second-order valence-electron chi connectivity index (χ2n) is 5.27. The first-order valence-corrected chi connectivity index (χ1v) is 7.49. The van der Waals surface area contributed by atoms with Crippen molar-refractivity contribution in [3.8, 4) is 11.5 Å². The van der Waals surface area contributed by atoms with Crippen molar-refractivity contribution in [3.05, 3.63) is 54.1 Å². The van der Waals surface area contributed by atoms with Crippen molar-refractivity contribution in [3.63, 3.8) is 0 Å². The zero-order chi connectivity index (χ0) is 16.5. The number of anilines is 1. The monoisotopic (exact) mass is 313 g/mol. The number of para-hydroxylation sites is 2. The van der Waals surface area contributed by atoms with Crippen molar-refractivity contribution in [1.29, 1.82) is 0 Å². The summed E-state index contributed by atoms with van der Waals surface area (Å²) < 4.78 is 11.3. The second-order valence-corrected chi connectivity index (χ2v) is 5.27. The van der Waals surface area contributed by atoms with Crippen LogP contribution in [0.5, 0.6) is 11.5 Å². The zero-order valence-electron chi connectivity index (χ0n) is 13.8. The average molecular weight is 313 g/mol. The van der Waals surface area contributed by atoms with Gasteiger partial charge < -0.3 is 14.4 Å². The maximum Gasteiger partial charge on any atom is 0.170 e. The third kappa shape index (κ3) is 5.30. The largest absolute Gasteiger partial charge is 0.493 e. The van der Waals surface area contributed by atoms with E-state index in [2.05, 4.69) is 15.4 Å². The summed E-state index contributed by atoms with van der Waals surface area (Å²) in [7, 11) is 5.66. The number of hydrogen-bond acceptors (Lipinski definition) is 5. The van der Waals surface area contributed by atoms with E-state index < -0.39 is 0 Å². The van der Waals surface area contributed by atoms with Gasteiger partial charge in [-0.15, -0.1) is 0 Å². The lowest BCUT2D eigenvalue weighted by molar-refractivity contribution is 0.250. The summed E-state index contributed by atoms with van der Waals surface area (Å²) in [6, 6.07) is 15.5. The van der Waals surface area contributed by atoms with Crippen LogP contribution in [0.4, 0.5) is 5.69 Å². The molecule has 0 aliphatic heterocycles. The van der Waals surface area contributed by atoms with Crippen LogP contribution in [-0.4, -0.2) is 45.5 Å². The first-order valence-electron chi connectivity index (χ1n) is 7.49. The lowest BCUT2D eigenvalue weighted by Crippen LogP contribution is -2.20. The van der Waals surface area contributed by atoms with Gasteiger partial charge in [0.25, 0.3) is 0 Å². The van der Waals surface area contributed by atoms with Gasteiger partial charge in [0.1, 0.15) is 6.61 Å². The molecule has 0 aliphatic carbocycles. The molecule has 0 bridgehead atoms. The van der Waals surface area contributed by atoms with E-state index in [9.17, 15) is 0 Å². The Morgan fingerprint density at radius 2 is 1.87 bits per heavy atom. The van der Waals surface area contributed by atoms with Crippen molar-refractivity contribution in [2.24, 2.45) is 5.10 Å². The molecule has 23 heavy (non-hydrogen) atoms. The molecule has 0 saturated heterocycles. The van der Waals surface area contributed by atoms with E-state index >= 15 is 0 Å². The van der Waals surface area contributed by atoms with Crippen molar-refractivity contribution < 1.29 is 9.47 Å². The molecule has 0 radical (unpaired) electrons. The maximum atomic E-state index is 5.89. The molecule has 0 unspecified atom stereocenters. The molecule has 0 fully saturated rings. The van der Waals surface area contributed by atoms with Gasteiger partial charge in [-0.2, -0.15) is 5.10 Å². The van der Waals surface area contributed by atoms with Crippen LogP contribution in [0.15, 0.2) is 53.6 Å². The number of nitrogens with one attached hydrogen (secondary N) is 1. The predicted octanol–water partition coefficient (Wildman–Crippen LogP) is 3.08. The molecule has 1 N–H and O–H groups in total. The molecule has 0 amide bonds. The molecule has 0 spiro atoms. The molecule has 2 aromatic carbocycles. The van der Waals surface area contributed by atoms with E-state index in [1.807, 2.05) is 62.6 Å². The van der Waals surface area contributed by atoms with Gasteiger partial charge in [0.05, 0.1) is 19.0 Å². The van der Waals surface area contributed by atoms with Gasteiger partial charge >= 0.3 is 0 Å². The molecule has 2 rings (SSSR count). The minimum absolute atomic E-state index is 0.584. The number of benzene rings is 2. The fourth-order valence-corrected chi connectivity index (χ4v) is 1.97. The Labute approximate surface area is 137 Å². The number of methoxy groups -OCH3 is 1. The molecule has 2 aromatic rings. The summed E-state index contributed by atoms with van der Waals surface area (Å²) in [5.41, 5.74) is 4.80. The van der Waals surface area contributed by atoms with Gasteiger partial charge in [-0.1, -0.05) is 24.3 Å². The molecule has 122 valence electrons. The molecule has 0 atom stereocenters. The fraction of sp³-hybridized carbons (Fsp3) is 0.278. The third-order valence-corrected chi connectivity index (χ3v) is 3.19. The molecular formula is C18H23N3O2. The van der Waals surface area contributed by atoms with E-state index in [0.717, 1.165) is 17.8 Å². The topological polar surface area (TPSA) is 46.1 Å². The smallest absolute Gasteiger partial charge is 0.170 e. The van der Waals surface area contributed by atoms with Crippen molar-refractivity contribution in [1.82, 2.24) is 4.90 Å². The number of likely N-dealkylation sites (N-methyl/N-ethyl adjacent to an activating group) is 1. The average Bonchev–Trinajstić information content (AvgIpc) is 2.56. The molecule has 5 nitrogen and oxygen atoms in total. The van der Waals surface area contributed by atoms with Crippen molar-refractivity contribution >= 4 is 11.9 Å². The van der Waals surface area contributed by atoms with E-state index in [1.54, 1.807) is 13.3 Å². The van der Waals surface area contributed by atoms with Crippen LogP contribution in [-0.2, 0) is 0 Å². The Hall–Kier alpha value is -2.53. The Bertz CT molecular complexity index is 627. The first kappa shape index (κ1) is 16.8. The Morgan fingerprint density at radius 1 is 1.09 bits per heavy atom. The fourth-order valence-electron chi connectivity index (χ4n) is 1.97. The highest BCUT2D eigenvalue weighted by Crippen LogP contribution is 2.30. The number of ether oxygens (including phenoxy) is 2. The maximum absolute atomic E-state index is 5.89. The molecular weight excluding hydrogens is 290 g/mol. The normalized spacial score (nSPS) is 11.0. The minimum Gasteiger partial charge on any atom is -0.493 e. The molecule has 0 aromatic heterocycles. The Balaban J connectivity index is 2.10. The van der Waals surface area contributed by atoms with Crippen LogP contribution in [0.25, 0.3) is 0 Å². The minimum atomic E-state index is 0.584. The highest BCUT2D eigenvalue weighted by molar-refractivity contribution is 5.85. The van der Waals surface area contributed by atoms with E-state index in [0.29, 0.717) is 18.1 Å². The van der Waals surface area contributed by atoms with Gasteiger partial charge in [-0.05, 0) is 38.4 Å². The summed E-state index contributed by atoms with van der Waals surface area (Å²) in [5, 5.41) is 4.27. The van der Waals surface area contributed by atoms with E-state index in [-0.39, 0.29) is 0 Å². The summed E-state index contributed by atoms with van der Waals surface area (Å²) in [5.74, 6) is 1.41. The van der Waals surface area contributed by atoms with Crippen molar-refractivity contribution in [2.75, 3.05) is 39.8 Å². The number of nitrogens with zero attached hydrogens (tertiary/aromatic N) is 2. The third-order valence-electron chi connectivity index (χ3n) is 3.19. The highest BCUT2D eigenvalue weighted by atomic mass is 16.5. The second kappa shape index (κ2) is 8.80. The van der Waals surface area contributed by atoms with E-state index in [4.69, 9.17) is 9.47 Å². The summed E-state index contributed by atoms with van der Waals surface area (Å²) in [6.07, 6.45) is 1.74. The van der Waals surface area contributed by atoms with Gasteiger partial charge in [-0.3, -0.25) is 5.43 Å². The molecule has 5 heteroatoms. The first-order chi connectivity index (χ1) is 11.2. The van der Waals surface area contributed by atoms with Crippen LogP contribution in [0, 0.1) is 0 Å². The SMILES string of the molecule is COc1cccc(C=NNc2ccccc2)c1OCCN(C)C. The molecule has 0 aliphatic rings. The van der Waals surface area contributed by atoms with Gasteiger partial charge in [0.15, 0.2) is 11.5 Å². The van der Waals surface area contributed by atoms with Crippen LogP contribution in [0.2, 0.25) is 0 Å². The molecule has 0 heterocycles. The Kier molecular flexibility index (Phi) is 6.44. The van der Waals surface area contributed by atoms with Crippen molar-refractivity contribution in [2.45, 2.75) is 0 Å². The predicted molar refractivity (Wildman–Crippen MR) is 94.7 cm³/mol.